The molecule has 0 radical (unpaired) electrons. The van der Waals surface area contributed by atoms with Crippen LogP contribution in [0.5, 0.6) is 0 Å². The first-order valence-corrected chi connectivity index (χ1v) is 6.07. The molecule has 0 aliphatic rings. The van der Waals surface area contributed by atoms with Crippen molar-refractivity contribution >= 4 is 12.0 Å². The first kappa shape index (κ1) is 15.7. The van der Waals surface area contributed by atoms with Gasteiger partial charge in [-0.15, -0.1) is 0 Å². The van der Waals surface area contributed by atoms with Crippen molar-refractivity contribution in [3.63, 3.8) is 0 Å². The summed E-state index contributed by atoms with van der Waals surface area (Å²) in [4.78, 5) is 22.3. The van der Waals surface area contributed by atoms with Gasteiger partial charge in [-0.3, -0.25) is 4.79 Å². The first-order chi connectivity index (χ1) is 7.82. The standard InChI is InChI=1S/C12H24N2O3/c1-8(2)5-10(11(15)16)7-14-12(17)13-6-9(3)4/h8-10H,5-7H2,1-4H3,(H,15,16)(H2,13,14,17). The van der Waals surface area contributed by atoms with Crippen LogP contribution < -0.4 is 10.6 Å². The predicted molar refractivity (Wildman–Crippen MR) is 66.8 cm³/mol. The Kier molecular flexibility index (Phi) is 7.34. The maximum absolute atomic E-state index is 11.3. The van der Waals surface area contributed by atoms with Gasteiger partial charge in [0.1, 0.15) is 0 Å². The van der Waals surface area contributed by atoms with Gasteiger partial charge in [-0.2, -0.15) is 0 Å². The van der Waals surface area contributed by atoms with Crippen molar-refractivity contribution in [1.82, 2.24) is 10.6 Å². The SMILES string of the molecule is CC(C)CNC(=O)NCC(CC(C)C)C(=O)O. The van der Waals surface area contributed by atoms with Gasteiger partial charge in [-0.25, -0.2) is 4.79 Å². The van der Waals surface area contributed by atoms with Crippen molar-refractivity contribution in [3.8, 4) is 0 Å². The lowest BCUT2D eigenvalue weighted by Crippen LogP contribution is -2.41. The van der Waals surface area contributed by atoms with Gasteiger partial charge in [-0.05, 0) is 18.3 Å². The first-order valence-electron chi connectivity index (χ1n) is 6.07. The Morgan fingerprint density at radius 3 is 1.94 bits per heavy atom. The smallest absolute Gasteiger partial charge is 0.314 e. The molecule has 0 rings (SSSR count). The van der Waals surface area contributed by atoms with E-state index < -0.39 is 11.9 Å². The molecular weight excluding hydrogens is 220 g/mol. The van der Waals surface area contributed by atoms with Crippen LogP contribution in [0.25, 0.3) is 0 Å². The fourth-order valence-corrected chi connectivity index (χ4v) is 1.42. The number of hydrogen-bond donors (Lipinski definition) is 3. The van der Waals surface area contributed by atoms with Crippen LogP contribution in [0, 0.1) is 17.8 Å². The summed E-state index contributed by atoms with van der Waals surface area (Å²) in [7, 11) is 0. The van der Waals surface area contributed by atoms with Gasteiger partial charge in [0.2, 0.25) is 0 Å². The van der Waals surface area contributed by atoms with Gasteiger partial charge in [-0.1, -0.05) is 27.7 Å². The molecule has 0 fully saturated rings. The van der Waals surface area contributed by atoms with Crippen molar-refractivity contribution in [2.45, 2.75) is 34.1 Å². The zero-order valence-electron chi connectivity index (χ0n) is 11.1. The summed E-state index contributed by atoms with van der Waals surface area (Å²) in [6.45, 7) is 8.70. The molecule has 1 unspecified atom stereocenters. The van der Waals surface area contributed by atoms with Crippen LogP contribution in [-0.4, -0.2) is 30.2 Å². The largest absolute Gasteiger partial charge is 0.481 e. The Bertz CT molecular complexity index is 252. The molecule has 0 spiro atoms. The molecule has 0 aromatic carbocycles. The van der Waals surface area contributed by atoms with Crippen molar-refractivity contribution in [1.29, 1.82) is 0 Å². The number of carbonyl (C=O) groups excluding carboxylic acids is 1. The van der Waals surface area contributed by atoms with Crippen molar-refractivity contribution in [3.05, 3.63) is 0 Å². The minimum absolute atomic E-state index is 0.178. The van der Waals surface area contributed by atoms with Gasteiger partial charge in [0.15, 0.2) is 0 Å². The maximum atomic E-state index is 11.3. The fraction of sp³-hybridized carbons (Fsp3) is 0.833. The zero-order valence-corrected chi connectivity index (χ0v) is 11.1. The highest BCUT2D eigenvalue weighted by molar-refractivity contribution is 5.75. The molecule has 3 N–H and O–H groups in total. The molecule has 0 aromatic heterocycles. The molecule has 0 bridgehead atoms. The summed E-state index contributed by atoms with van der Waals surface area (Å²) >= 11 is 0. The summed E-state index contributed by atoms with van der Waals surface area (Å²) in [5.41, 5.74) is 0. The molecule has 0 saturated heterocycles. The van der Waals surface area contributed by atoms with Gasteiger partial charge >= 0.3 is 12.0 Å². The quantitative estimate of drug-likeness (QED) is 0.637. The minimum Gasteiger partial charge on any atom is -0.481 e. The average molecular weight is 244 g/mol. The van der Waals surface area contributed by atoms with Crippen molar-refractivity contribution in [2.75, 3.05) is 13.1 Å². The van der Waals surface area contributed by atoms with E-state index in [2.05, 4.69) is 10.6 Å². The molecule has 17 heavy (non-hydrogen) atoms. The Morgan fingerprint density at radius 1 is 1.00 bits per heavy atom. The van der Waals surface area contributed by atoms with Crippen LogP contribution in [0.4, 0.5) is 4.79 Å². The number of carboxylic acids is 1. The highest BCUT2D eigenvalue weighted by Gasteiger charge is 2.19. The third kappa shape index (κ3) is 8.54. The van der Waals surface area contributed by atoms with Crippen molar-refractivity contribution < 1.29 is 14.7 Å². The van der Waals surface area contributed by atoms with E-state index in [9.17, 15) is 9.59 Å². The molecule has 100 valence electrons. The molecular formula is C12H24N2O3. The molecule has 0 saturated carbocycles. The van der Waals surface area contributed by atoms with Crippen molar-refractivity contribution in [2.24, 2.45) is 17.8 Å². The number of rotatable bonds is 7. The normalized spacial score (nSPS) is 12.6. The molecule has 1 atom stereocenters. The lowest BCUT2D eigenvalue weighted by Gasteiger charge is -2.16. The second-order valence-corrected chi connectivity index (χ2v) is 5.15. The summed E-state index contributed by atoms with van der Waals surface area (Å²) in [5, 5.41) is 14.3. The Morgan fingerprint density at radius 2 is 1.53 bits per heavy atom. The Balaban J connectivity index is 3.95. The van der Waals surface area contributed by atoms with Crippen LogP contribution in [0.2, 0.25) is 0 Å². The summed E-state index contributed by atoms with van der Waals surface area (Å²) in [6, 6.07) is -0.297. The molecule has 0 aromatic rings. The number of nitrogens with one attached hydrogen (secondary N) is 2. The maximum Gasteiger partial charge on any atom is 0.314 e. The third-order valence-electron chi connectivity index (χ3n) is 2.29. The number of aliphatic carboxylic acids is 1. The zero-order chi connectivity index (χ0) is 13.4. The molecule has 0 aliphatic heterocycles. The Hall–Kier alpha value is -1.26. The number of carbonyl (C=O) groups is 2. The molecule has 0 aliphatic carbocycles. The van der Waals surface area contributed by atoms with Gasteiger partial charge in [0.05, 0.1) is 5.92 Å². The Labute approximate surface area is 103 Å². The van der Waals surface area contributed by atoms with Crippen LogP contribution in [0.1, 0.15) is 34.1 Å². The second-order valence-electron chi connectivity index (χ2n) is 5.15. The van der Waals surface area contributed by atoms with Gasteiger partial charge in [0, 0.05) is 13.1 Å². The third-order valence-corrected chi connectivity index (χ3v) is 2.29. The summed E-state index contributed by atoms with van der Waals surface area (Å²) < 4.78 is 0. The lowest BCUT2D eigenvalue weighted by atomic mass is 9.97. The van der Waals surface area contributed by atoms with Crippen LogP contribution in [-0.2, 0) is 4.79 Å². The van der Waals surface area contributed by atoms with Crippen LogP contribution in [0.15, 0.2) is 0 Å². The molecule has 5 nitrogen and oxygen atoms in total. The highest BCUT2D eigenvalue weighted by Crippen LogP contribution is 2.10. The molecule has 5 heteroatoms. The monoisotopic (exact) mass is 244 g/mol. The number of amides is 2. The van der Waals surface area contributed by atoms with Gasteiger partial charge < -0.3 is 15.7 Å². The topological polar surface area (TPSA) is 78.4 Å². The van der Waals surface area contributed by atoms with E-state index in [1.807, 2.05) is 27.7 Å². The lowest BCUT2D eigenvalue weighted by molar-refractivity contribution is -0.142. The number of carboxylic acid groups (broad SMARTS) is 1. The van der Waals surface area contributed by atoms with E-state index in [1.165, 1.54) is 0 Å². The number of hydrogen-bond acceptors (Lipinski definition) is 2. The predicted octanol–water partition coefficient (Wildman–Crippen LogP) is 1.69. The molecule has 2 amide bonds. The highest BCUT2D eigenvalue weighted by atomic mass is 16.4. The van der Waals surface area contributed by atoms with E-state index in [-0.39, 0.29) is 12.6 Å². The average Bonchev–Trinajstić information content (AvgIpc) is 2.20. The van der Waals surface area contributed by atoms with Gasteiger partial charge in [0.25, 0.3) is 0 Å². The van der Waals surface area contributed by atoms with E-state index in [0.717, 1.165) is 0 Å². The van der Waals surface area contributed by atoms with E-state index >= 15 is 0 Å². The fourth-order valence-electron chi connectivity index (χ4n) is 1.42. The van der Waals surface area contributed by atoms with Crippen LogP contribution >= 0.6 is 0 Å². The summed E-state index contributed by atoms with van der Waals surface area (Å²) in [6.07, 6.45) is 0.569. The van der Waals surface area contributed by atoms with E-state index in [4.69, 9.17) is 5.11 Å². The second kappa shape index (κ2) is 7.92. The van der Waals surface area contributed by atoms with Crippen LogP contribution in [0.3, 0.4) is 0 Å². The minimum atomic E-state index is -0.858. The van der Waals surface area contributed by atoms with E-state index in [1.54, 1.807) is 0 Å². The van der Waals surface area contributed by atoms with E-state index in [0.29, 0.717) is 24.8 Å². The number of urea groups is 1. The summed E-state index contributed by atoms with van der Waals surface area (Å²) in [5.74, 6) is -0.689. The molecule has 0 heterocycles.